The second-order valence-corrected chi connectivity index (χ2v) is 6.76. The number of methoxy groups -OCH3 is 1. The lowest BCUT2D eigenvalue weighted by molar-refractivity contribution is 0.101. The maximum absolute atomic E-state index is 12.7. The third-order valence-corrected chi connectivity index (χ3v) is 5.22. The molecule has 1 amide bonds. The number of nitrogens with one attached hydrogen (secondary N) is 1. The maximum Gasteiger partial charge on any atom is 0.267 e. The van der Waals surface area contributed by atoms with Crippen molar-refractivity contribution < 1.29 is 14.3 Å². The number of ether oxygens (including phenoxy) is 2. The van der Waals surface area contributed by atoms with Gasteiger partial charge in [-0.3, -0.25) is 4.79 Å². The second-order valence-electron chi connectivity index (χ2n) is 5.79. The minimum atomic E-state index is -0.150. The van der Waals surface area contributed by atoms with Crippen molar-refractivity contribution in [3.63, 3.8) is 0 Å². The Morgan fingerprint density at radius 3 is 2.64 bits per heavy atom. The lowest BCUT2D eigenvalue weighted by Gasteiger charge is -2.12. The van der Waals surface area contributed by atoms with Gasteiger partial charge in [0, 0.05) is 25.4 Å². The van der Waals surface area contributed by atoms with Crippen LogP contribution in [0.4, 0.5) is 10.8 Å². The third-order valence-electron chi connectivity index (χ3n) is 4.06. The largest absolute Gasteiger partial charge is 0.497 e. The molecule has 25 heavy (non-hydrogen) atoms. The number of thiazole rings is 1. The first-order valence-electron chi connectivity index (χ1n) is 8.49. The molecule has 1 aliphatic rings. The molecule has 134 valence electrons. The van der Waals surface area contributed by atoms with Crippen LogP contribution in [-0.2, 0) is 11.3 Å². The Kier molecular flexibility index (Phi) is 5.88. The quantitative estimate of drug-likeness (QED) is 0.817. The van der Waals surface area contributed by atoms with Gasteiger partial charge in [-0.15, -0.1) is 0 Å². The highest BCUT2D eigenvalue weighted by atomic mass is 32.1. The first kappa shape index (κ1) is 17.7. The zero-order chi connectivity index (χ0) is 17.6. The van der Waals surface area contributed by atoms with Crippen LogP contribution in [-0.4, -0.2) is 37.7 Å². The molecule has 7 heteroatoms. The highest BCUT2D eigenvalue weighted by Gasteiger charge is 2.23. The van der Waals surface area contributed by atoms with Crippen molar-refractivity contribution in [2.75, 3.05) is 37.0 Å². The number of hydrogen-bond donors (Lipinski definition) is 1. The molecule has 0 spiro atoms. The number of nitrogens with zero attached hydrogens (tertiary/aromatic N) is 2. The first-order valence-corrected chi connectivity index (χ1v) is 9.30. The molecule has 1 aromatic carbocycles. The number of benzene rings is 1. The molecule has 1 N–H and O–H groups in total. The van der Waals surface area contributed by atoms with Crippen LogP contribution in [0.5, 0.6) is 5.75 Å². The highest BCUT2D eigenvalue weighted by Crippen LogP contribution is 2.30. The molecule has 1 aliphatic heterocycles. The molecule has 3 rings (SSSR count). The third kappa shape index (κ3) is 4.29. The number of rotatable bonds is 7. The molecule has 1 aromatic heterocycles. The number of anilines is 2. The summed E-state index contributed by atoms with van der Waals surface area (Å²) >= 11 is 1.44. The number of hydrogen-bond acceptors (Lipinski definition) is 6. The van der Waals surface area contributed by atoms with Gasteiger partial charge in [-0.2, -0.15) is 0 Å². The van der Waals surface area contributed by atoms with Crippen LogP contribution in [0, 0.1) is 0 Å². The summed E-state index contributed by atoms with van der Waals surface area (Å²) in [6, 6.07) is 7.28. The van der Waals surface area contributed by atoms with Crippen molar-refractivity contribution in [1.82, 2.24) is 4.98 Å². The van der Waals surface area contributed by atoms with Gasteiger partial charge in [-0.05, 0) is 44.0 Å². The van der Waals surface area contributed by atoms with Gasteiger partial charge in [0.2, 0.25) is 0 Å². The van der Waals surface area contributed by atoms with Gasteiger partial charge in [0.1, 0.15) is 10.6 Å². The lowest BCUT2D eigenvalue weighted by atomic mass is 10.3. The van der Waals surface area contributed by atoms with E-state index in [2.05, 4.69) is 15.2 Å². The monoisotopic (exact) mass is 361 g/mol. The summed E-state index contributed by atoms with van der Waals surface area (Å²) in [7, 11) is 1.62. The van der Waals surface area contributed by atoms with Gasteiger partial charge in [0.25, 0.3) is 5.91 Å². The summed E-state index contributed by atoms with van der Waals surface area (Å²) in [5.41, 5.74) is 1.43. The Bertz CT molecular complexity index is 709. The Balaban J connectivity index is 1.78. The molecule has 0 aliphatic carbocycles. The molecule has 2 aromatic rings. The number of carbonyl (C=O) groups excluding carboxylic acids is 1. The SMILES string of the molecule is CCOCc1nc(N2CCCC2)sc1C(=O)Nc1ccc(OC)cc1. The molecular formula is C18H23N3O3S. The number of amides is 1. The normalized spacial score (nSPS) is 13.9. The van der Waals surface area contributed by atoms with E-state index in [0.29, 0.717) is 23.8 Å². The Morgan fingerprint density at radius 2 is 2.00 bits per heavy atom. The Hall–Kier alpha value is -2.12. The van der Waals surface area contributed by atoms with Crippen molar-refractivity contribution in [1.29, 1.82) is 0 Å². The van der Waals surface area contributed by atoms with E-state index < -0.39 is 0 Å². The smallest absolute Gasteiger partial charge is 0.267 e. The van der Waals surface area contributed by atoms with E-state index in [0.717, 1.165) is 29.7 Å². The van der Waals surface area contributed by atoms with Crippen molar-refractivity contribution >= 4 is 28.1 Å². The van der Waals surface area contributed by atoms with E-state index in [4.69, 9.17) is 9.47 Å². The predicted octanol–water partition coefficient (Wildman–Crippen LogP) is 3.54. The summed E-state index contributed by atoms with van der Waals surface area (Å²) in [6.07, 6.45) is 2.35. The summed E-state index contributed by atoms with van der Waals surface area (Å²) in [6.45, 7) is 4.88. The number of carbonyl (C=O) groups is 1. The van der Waals surface area contributed by atoms with Crippen molar-refractivity contribution in [2.45, 2.75) is 26.4 Å². The number of aromatic nitrogens is 1. The van der Waals surface area contributed by atoms with Crippen LogP contribution in [0.25, 0.3) is 0 Å². The summed E-state index contributed by atoms with van der Waals surface area (Å²) in [5.74, 6) is 0.604. The summed E-state index contributed by atoms with van der Waals surface area (Å²) in [4.78, 5) is 20.3. The van der Waals surface area contributed by atoms with E-state index >= 15 is 0 Å². The van der Waals surface area contributed by atoms with E-state index in [1.54, 1.807) is 7.11 Å². The zero-order valence-corrected chi connectivity index (χ0v) is 15.4. The average molecular weight is 361 g/mol. The van der Waals surface area contributed by atoms with Gasteiger partial charge in [-0.25, -0.2) is 4.98 Å². The van der Waals surface area contributed by atoms with E-state index in [1.807, 2.05) is 31.2 Å². The molecule has 6 nitrogen and oxygen atoms in total. The average Bonchev–Trinajstić information content (AvgIpc) is 3.30. The molecule has 0 unspecified atom stereocenters. The standard InChI is InChI=1S/C18H23N3O3S/c1-3-24-12-15-16(25-18(20-15)21-10-4-5-11-21)17(22)19-13-6-8-14(23-2)9-7-13/h6-9H,3-5,10-12H2,1-2H3,(H,19,22). The molecule has 2 heterocycles. The van der Waals surface area contributed by atoms with E-state index in [9.17, 15) is 4.79 Å². The van der Waals surface area contributed by atoms with Crippen LogP contribution in [0.2, 0.25) is 0 Å². The second kappa shape index (κ2) is 8.31. The van der Waals surface area contributed by atoms with E-state index in [-0.39, 0.29) is 5.91 Å². The van der Waals surface area contributed by atoms with Gasteiger partial charge in [0.15, 0.2) is 5.13 Å². The van der Waals surface area contributed by atoms with Crippen LogP contribution in [0.1, 0.15) is 35.1 Å². The first-order chi connectivity index (χ1) is 12.2. The highest BCUT2D eigenvalue weighted by molar-refractivity contribution is 7.17. The van der Waals surface area contributed by atoms with Crippen molar-refractivity contribution in [3.05, 3.63) is 34.8 Å². The Morgan fingerprint density at radius 1 is 1.28 bits per heavy atom. The molecule has 0 bridgehead atoms. The van der Waals surface area contributed by atoms with Crippen molar-refractivity contribution in [2.24, 2.45) is 0 Å². The minimum absolute atomic E-state index is 0.150. The van der Waals surface area contributed by atoms with Crippen LogP contribution in [0.15, 0.2) is 24.3 Å². The zero-order valence-electron chi connectivity index (χ0n) is 14.6. The van der Waals surface area contributed by atoms with E-state index in [1.165, 1.54) is 24.2 Å². The van der Waals surface area contributed by atoms with Gasteiger partial charge in [-0.1, -0.05) is 11.3 Å². The van der Waals surface area contributed by atoms with Crippen LogP contribution >= 0.6 is 11.3 Å². The molecule has 0 saturated carbocycles. The lowest BCUT2D eigenvalue weighted by Crippen LogP contribution is -2.17. The topological polar surface area (TPSA) is 63.7 Å². The summed E-state index contributed by atoms with van der Waals surface area (Å²) in [5, 5.41) is 3.84. The fraction of sp³-hybridized carbons (Fsp3) is 0.444. The minimum Gasteiger partial charge on any atom is -0.497 e. The summed E-state index contributed by atoms with van der Waals surface area (Å²) < 4.78 is 10.6. The predicted molar refractivity (Wildman–Crippen MR) is 99.8 cm³/mol. The van der Waals surface area contributed by atoms with Crippen LogP contribution in [0.3, 0.4) is 0 Å². The molecule has 0 atom stereocenters. The maximum atomic E-state index is 12.7. The molecule has 0 radical (unpaired) electrons. The van der Waals surface area contributed by atoms with Gasteiger partial charge < -0.3 is 19.7 Å². The van der Waals surface area contributed by atoms with Crippen molar-refractivity contribution in [3.8, 4) is 5.75 Å². The van der Waals surface area contributed by atoms with Gasteiger partial charge in [0.05, 0.1) is 19.4 Å². The van der Waals surface area contributed by atoms with Gasteiger partial charge >= 0.3 is 0 Å². The fourth-order valence-electron chi connectivity index (χ4n) is 2.72. The van der Waals surface area contributed by atoms with Crippen LogP contribution < -0.4 is 15.0 Å². The molecular weight excluding hydrogens is 338 g/mol. The molecule has 1 saturated heterocycles. The molecule has 1 fully saturated rings. The Labute approximate surface area is 151 Å². The fourth-order valence-corrected chi connectivity index (χ4v) is 3.74.